The minimum Gasteiger partial charge on any atom is -0.462 e. The number of hydrogen-bond acceptors (Lipinski definition) is 11. The van der Waals surface area contributed by atoms with Crippen LogP contribution in [0.25, 0.3) is 0 Å². The molecule has 0 aliphatic heterocycles. The molecule has 0 aliphatic carbocycles. The Labute approximate surface area is 221 Å². The molecule has 12 nitrogen and oxygen atoms in total. The highest BCUT2D eigenvalue weighted by Crippen LogP contribution is 2.35. The molecule has 14 heteroatoms. The van der Waals surface area contributed by atoms with Crippen molar-refractivity contribution in [2.24, 2.45) is 7.05 Å². The van der Waals surface area contributed by atoms with Crippen LogP contribution in [0.5, 0.6) is 0 Å². The van der Waals surface area contributed by atoms with Gasteiger partial charge < -0.3 is 29.1 Å². The zero-order valence-corrected chi connectivity index (χ0v) is 22.6. The Balaban J connectivity index is 1.70. The Hall–Kier alpha value is -3.65. The number of ether oxygens (including phenoxy) is 2. The number of carbonyl (C=O) groups is 4. The smallest absolute Gasteiger partial charge is 0.348 e. The van der Waals surface area contributed by atoms with Crippen LogP contribution >= 0.6 is 23.1 Å². The highest BCUT2D eigenvalue weighted by Gasteiger charge is 2.29. The van der Waals surface area contributed by atoms with Gasteiger partial charge in [-0.05, 0) is 45.4 Å². The largest absolute Gasteiger partial charge is 0.462 e. The first kappa shape index (κ1) is 27.9. The number of furan rings is 1. The van der Waals surface area contributed by atoms with E-state index in [2.05, 4.69) is 20.8 Å². The maximum absolute atomic E-state index is 13.0. The number of thioether (sulfide) groups is 1. The lowest BCUT2D eigenvalue weighted by atomic mass is 10.1. The van der Waals surface area contributed by atoms with Gasteiger partial charge in [-0.2, -0.15) is 0 Å². The summed E-state index contributed by atoms with van der Waals surface area (Å²) in [4.78, 5) is 50.2. The molecule has 2 amide bonds. The first-order valence-electron chi connectivity index (χ1n) is 11.3. The number of nitrogens with one attached hydrogen (secondary N) is 2. The molecule has 37 heavy (non-hydrogen) atoms. The van der Waals surface area contributed by atoms with Crippen molar-refractivity contribution in [3.05, 3.63) is 46.0 Å². The SMILES string of the molecule is CCOC(=O)c1sc(NC(=O)C(C)Sc2nnc(CNC(=O)c3ccco3)n2C)c(C(=O)OCC)c1C. The third-order valence-electron chi connectivity index (χ3n) is 5.05. The van der Waals surface area contributed by atoms with Crippen molar-refractivity contribution in [1.82, 2.24) is 20.1 Å². The lowest BCUT2D eigenvalue weighted by molar-refractivity contribution is -0.115. The third kappa shape index (κ3) is 6.57. The van der Waals surface area contributed by atoms with Gasteiger partial charge in [0.2, 0.25) is 5.91 Å². The number of amides is 2. The van der Waals surface area contributed by atoms with Gasteiger partial charge >= 0.3 is 11.9 Å². The second-order valence-electron chi connectivity index (χ2n) is 7.57. The number of anilines is 1. The van der Waals surface area contributed by atoms with Gasteiger partial charge in [0, 0.05) is 7.05 Å². The van der Waals surface area contributed by atoms with Gasteiger partial charge in [0.25, 0.3) is 5.91 Å². The van der Waals surface area contributed by atoms with Crippen molar-refractivity contribution < 1.29 is 33.1 Å². The number of carbonyl (C=O) groups excluding carboxylic acids is 4. The van der Waals surface area contributed by atoms with Crippen molar-refractivity contribution in [2.75, 3.05) is 18.5 Å². The summed E-state index contributed by atoms with van der Waals surface area (Å²) in [5.74, 6) is -1.36. The highest BCUT2D eigenvalue weighted by molar-refractivity contribution is 8.00. The van der Waals surface area contributed by atoms with E-state index < -0.39 is 23.1 Å². The molecule has 0 radical (unpaired) electrons. The minimum atomic E-state index is -0.642. The van der Waals surface area contributed by atoms with Crippen LogP contribution < -0.4 is 10.6 Å². The molecule has 0 bridgehead atoms. The van der Waals surface area contributed by atoms with E-state index in [1.165, 1.54) is 6.26 Å². The average molecular weight is 550 g/mol. The fourth-order valence-corrected chi connectivity index (χ4v) is 5.05. The molecule has 0 aromatic carbocycles. The molecule has 0 saturated heterocycles. The van der Waals surface area contributed by atoms with Gasteiger partial charge in [0.05, 0.1) is 36.8 Å². The fraction of sp³-hybridized carbons (Fsp3) is 0.391. The van der Waals surface area contributed by atoms with Gasteiger partial charge in [0.1, 0.15) is 9.88 Å². The van der Waals surface area contributed by atoms with Gasteiger partial charge in [-0.1, -0.05) is 11.8 Å². The maximum atomic E-state index is 13.0. The molecule has 1 unspecified atom stereocenters. The number of nitrogens with zero attached hydrogens (tertiary/aromatic N) is 3. The van der Waals surface area contributed by atoms with Crippen molar-refractivity contribution in [3.8, 4) is 0 Å². The second kappa shape index (κ2) is 12.5. The first-order valence-corrected chi connectivity index (χ1v) is 13.0. The number of aromatic nitrogens is 3. The average Bonchev–Trinajstić information content (AvgIpc) is 3.58. The molecule has 3 aromatic heterocycles. The molecular weight excluding hydrogens is 522 g/mol. The summed E-state index contributed by atoms with van der Waals surface area (Å²) < 4.78 is 16.9. The molecule has 0 spiro atoms. The van der Waals surface area contributed by atoms with E-state index in [-0.39, 0.29) is 46.9 Å². The fourth-order valence-electron chi connectivity index (χ4n) is 3.12. The van der Waals surface area contributed by atoms with E-state index >= 15 is 0 Å². The van der Waals surface area contributed by atoms with Crippen LogP contribution in [0.2, 0.25) is 0 Å². The monoisotopic (exact) mass is 549 g/mol. The van der Waals surface area contributed by atoms with Crippen molar-refractivity contribution >= 4 is 51.9 Å². The van der Waals surface area contributed by atoms with E-state index in [9.17, 15) is 19.2 Å². The molecule has 0 saturated carbocycles. The number of hydrogen-bond donors (Lipinski definition) is 2. The van der Waals surface area contributed by atoms with Crippen molar-refractivity contribution in [2.45, 2.75) is 44.6 Å². The van der Waals surface area contributed by atoms with E-state index in [0.717, 1.165) is 23.1 Å². The topological polar surface area (TPSA) is 155 Å². The molecule has 3 heterocycles. The summed E-state index contributed by atoms with van der Waals surface area (Å²) in [7, 11) is 1.72. The van der Waals surface area contributed by atoms with Crippen molar-refractivity contribution in [1.29, 1.82) is 0 Å². The Kier molecular flexibility index (Phi) is 9.47. The summed E-state index contributed by atoms with van der Waals surface area (Å²) in [6.45, 7) is 7.04. The summed E-state index contributed by atoms with van der Waals surface area (Å²) >= 11 is 2.10. The molecule has 1 atom stereocenters. The van der Waals surface area contributed by atoms with Gasteiger partial charge in [-0.15, -0.1) is 21.5 Å². The normalized spacial score (nSPS) is 11.6. The summed E-state index contributed by atoms with van der Waals surface area (Å²) in [5, 5.41) is 13.6. The van der Waals surface area contributed by atoms with Crippen LogP contribution in [-0.4, -0.2) is 57.0 Å². The molecule has 0 aliphatic rings. The number of rotatable bonds is 11. The Bertz CT molecular complexity index is 1280. The quantitative estimate of drug-likeness (QED) is 0.269. The third-order valence-corrected chi connectivity index (χ3v) is 7.37. The van der Waals surface area contributed by atoms with Crippen molar-refractivity contribution in [3.63, 3.8) is 0 Å². The lowest BCUT2D eigenvalue weighted by Crippen LogP contribution is -2.24. The molecule has 2 N–H and O–H groups in total. The number of thiophene rings is 1. The Morgan fingerprint density at radius 3 is 2.51 bits per heavy atom. The Morgan fingerprint density at radius 1 is 1.16 bits per heavy atom. The summed E-state index contributed by atoms with van der Waals surface area (Å²) in [6, 6.07) is 3.16. The van der Waals surface area contributed by atoms with Gasteiger partial charge in [-0.3, -0.25) is 9.59 Å². The zero-order chi connectivity index (χ0) is 27.1. The minimum absolute atomic E-state index is 0.109. The summed E-state index contributed by atoms with van der Waals surface area (Å²) in [6.07, 6.45) is 1.41. The van der Waals surface area contributed by atoms with Crippen LogP contribution in [0, 0.1) is 6.92 Å². The second-order valence-corrected chi connectivity index (χ2v) is 9.90. The van der Waals surface area contributed by atoms with Gasteiger partial charge in [0.15, 0.2) is 16.7 Å². The lowest BCUT2D eigenvalue weighted by Gasteiger charge is -2.12. The summed E-state index contributed by atoms with van der Waals surface area (Å²) in [5.41, 5.74) is 0.501. The van der Waals surface area contributed by atoms with Crippen LogP contribution in [0.4, 0.5) is 5.00 Å². The highest BCUT2D eigenvalue weighted by atomic mass is 32.2. The van der Waals surface area contributed by atoms with E-state index in [0.29, 0.717) is 16.5 Å². The maximum Gasteiger partial charge on any atom is 0.348 e. The predicted molar refractivity (Wildman–Crippen MR) is 136 cm³/mol. The standard InChI is InChI=1S/C23H27N5O7S2/c1-6-33-21(31)16-12(3)17(22(32)34-7-2)37-20(16)25-18(29)13(4)36-23-27-26-15(28(23)5)11-24-19(30)14-9-8-10-35-14/h8-10,13H,6-7,11H2,1-5H3,(H,24,30)(H,25,29). The van der Waals surface area contributed by atoms with Gasteiger partial charge in [-0.25, -0.2) is 9.59 Å². The predicted octanol–water partition coefficient (Wildman–Crippen LogP) is 3.18. The van der Waals surface area contributed by atoms with Crippen LogP contribution in [0.1, 0.15) is 62.7 Å². The van der Waals surface area contributed by atoms with E-state index in [1.807, 2.05) is 0 Å². The molecule has 3 aromatic rings. The van der Waals surface area contributed by atoms with E-state index in [4.69, 9.17) is 13.9 Å². The first-order chi connectivity index (χ1) is 17.7. The van der Waals surface area contributed by atoms with E-state index in [1.54, 1.807) is 51.4 Å². The molecule has 3 rings (SSSR count). The molecular formula is C23H27N5O7S2. The Morgan fingerprint density at radius 2 is 1.86 bits per heavy atom. The number of esters is 2. The van der Waals surface area contributed by atoms with Crippen LogP contribution in [-0.2, 0) is 27.9 Å². The molecule has 0 fully saturated rings. The molecule has 198 valence electrons. The van der Waals surface area contributed by atoms with Crippen LogP contribution in [0.3, 0.4) is 0 Å². The van der Waals surface area contributed by atoms with Crippen LogP contribution in [0.15, 0.2) is 28.0 Å². The zero-order valence-electron chi connectivity index (χ0n) is 20.9.